The van der Waals surface area contributed by atoms with Gasteiger partial charge in [-0.15, -0.1) is 0 Å². The van der Waals surface area contributed by atoms with Crippen molar-refractivity contribution in [1.82, 2.24) is 4.90 Å². The van der Waals surface area contributed by atoms with Gasteiger partial charge in [-0.3, -0.25) is 4.79 Å². The minimum atomic E-state index is -0.442. The van der Waals surface area contributed by atoms with E-state index in [-0.39, 0.29) is 29.0 Å². The van der Waals surface area contributed by atoms with Gasteiger partial charge in [-0.2, -0.15) is 0 Å². The number of phenols is 1. The molecule has 2 aromatic carbocycles. The number of rotatable bonds is 4. The highest BCUT2D eigenvalue weighted by molar-refractivity contribution is 5.99. The lowest BCUT2D eigenvalue weighted by Crippen LogP contribution is -2.44. The number of amides is 1. The summed E-state index contributed by atoms with van der Waals surface area (Å²) >= 11 is 0. The second kappa shape index (κ2) is 7.66. The molecule has 0 unspecified atom stereocenters. The Hall–Kier alpha value is -2.82. The molecule has 4 nitrogen and oxygen atoms in total. The number of aryl methyl sites for hydroxylation is 2. The first-order valence-corrected chi connectivity index (χ1v) is 9.81. The van der Waals surface area contributed by atoms with Crippen molar-refractivity contribution in [3.63, 3.8) is 0 Å². The number of carbonyl (C=O) groups is 1. The smallest absolute Gasteiger partial charge is 0.290 e. The summed E-state index contributed by atoms with van der Waals surface area (Å²) in [7, 11) is 0. The zero-order chi connectivity index (χ0) is 19.7. The molecule has 2 heterocycles. The molecule has 146 valence electrons. The Kier molecular flexibility index (Phi) is 5.07. The summed E-state index contributed by atoms with van der Waals surface area (Å²) < 4.78 is 19.7. The Morgan fingerprint density at radius 2 is 2.00 bits per heavy atom. The number of phenolic OH excluding ortho intramolecular Hbond substituents is 1. The Labute approximate surface area is 163 Å². The number of likely N-dealkylation sites (tertiary alicyclic amines) is 1. The highest BCUT2D eigenvalue weighted by Gasteiger charge is 2.31. The molecule has 1 fully saturated rings. The molecule has 0 bridgehead atoms. The van der Waals surface area contributed by atoms with E-state index in [1.165, 1.54) is 6.07 Å². The van der Waals surface area contributed by atoms with Crippen molar-refractivity contribution < 1.29 is 18.7 Å². The average Bonchev–Trinajstić information content (AvgIpc) is 3.05. The third-order valence-corrected chi connectivity index (χ3v) is 5.70. The van der Waals surface area contributed by atoms with Gasteiger partial charge in [0, 0.05) is 23.5 Å². The van der Waals surface area contributed by atoms with Crippen LogP contribution < -0.4 is 0 Å². The van der Waals surface area contributed by atoms with Crippen LogP contribution in [0.2, 0.25) is 0 Å². The van der Waals surface area contributed by atoms with Crippen LogP contribution >= 0.6 is 0 Å². The molecule has 0 spiro atoms. The highest BCUT2D eigenvalue weighted by atomic mass is 19.1. The first-order chi connectivity index (χ1) is 13.5. The van der Waals surface area contributed by atoms with Crippen LogP contribution in [-0.2, 0) is 6.42 Å². The van der Waals surface area contributed by atoms with Crippen LogP contribution in [0.3, 0.4) is 0 Å². The predicted molar refractivity (Wildman–Crippen MR) is 106 cm³/mol. The standard InChI is InChI=1S/C23H24FNO3/c1-15-19-6-4-7-20(24)22(19)28-21(15)23(27)25-14-3-2-5-17(25)11-8-16-9-12-18(26)13-10-16/h4,6-7,9-10,12-13,17,26H,2-3,5,8,11,14H2,1H3/t17-/m1/s1. The first-order valence-electron chi connectivity index (χ1n) is 9.81. The number of carbonyl (C=O) groups excluding carboxylic acids is 1. The average molecular weight is 381 g/mol. The molecule has 1 aromatic heterocycles. The Balaban J connectivity index is 1.55. The highest BCUT2D eigenvalue weighted by Crippen LogP contribution is 2.30. The van der Waals surface area contributed by atoms with Gasteiger partial charge in [-0.25, -0.2) is 4.39 Å². The first kappa shape index (κ1) is 18.5. The van der Waals surface area contributed by atoms with Crippen molar-refractivity contribution in [2.75, 3.05) is 6.54 Å². The second-order valence-electron chi connectivity index (χ2n) is 7.53. The topological polar surface area (TPSA) is 53.7 Å². The fourth-order valence-corrected chi connectivity index (χ4v) is 4.11. The van der Waals surface area contributed by atoms with Crippen LogP contribution in [0.15, 0.2) is 46.9 Å². The monoisotopic (exact) mass is 381 g/mol. The lowest BCUT2D eigenvalue weighted by Gasteiger charge is -2.35. The molecule has 1 aliphatic heterocycles. The van der Waals surface area contributed by atoms with Crippen LogP contribution in [0.5, 0.6) is 5.75 Å². The van der Waals surface area contributed by atoms with Gasteiger partial charge in [-0.05, 0) is 62.8 Å². The maximum atomic E-state index is 14.1. The normalized spacial score (nSPS) is 17.2. The number of fused-ring (bicyclic) bond motifs is 1. The molecule has 0 saturated carbocycles. The molecule has 1 N–H and O–H groups in total. The van der Waals surface area contributed by atoms with Crippen LogP contribution in [0.1, 0.15) is 47.4 Å². The largest absolute Gasteiger partial charge is 0.508 e. The molecule has 0 aliphatic carbocycles. The Morgan fingerprint density at radius 3 is 2.75 bits per heavy atom. The van der Waals surface area contributed by atoms with Gasteiger partial charge in [0.15, 0.2) is 17.2 Å². The van der Waals surface area contributed by atoms with E-state index in [0.717, 1.165) is 37.7 Å². The second-order valence-corrected chi connectivity index (χ2v) is 7.53. The summed E-state index contributed by atoms with van der Waals surface area (Å²) in [5.74, 6) is -0.0897. The van der Waals surface area contributed by atoms with E-state index in [1.54, 1.807) is 24.3 Å². The summed E-state index contributed by atoms with van der Waals surface area (Å²) in [6.45, 7) is 2.51. The maximum Gasteiger partial charge on any atom is 0.290 e. The third kappa shape index (κ3) is 3.49. The fourth-order valence-electron chi connectivity index (χ4n) is 4.11. The third-order valence-electron chi connectivity index (χ3n) is 5.70. The Bertz CT molecular complexity index is 993. The number of hydrogen-bond acceptors (Lipinski definition) is 3. The van der Waals surface area contributed by atoms with Crippen molar-refractivity contribution in [2.45, 2.75) is 45.1 Å². The van der Waals surface area contributed by atoms with Gasteiger partial charge in [0.1, 0.15) is 5.75 Å². The molecule has 1 saturated heterocycles. The molecule has 3 aromatic rings. The van der Waals surface area contributed by atoms with Crippen molar-refractivity contribution >= 4 is 16.9 Å². The zero-order valence-electron chi connectivity index (χ0n) is 16.0. The van der Waals surface area contributed by atoms with Gasteiger partial charge >= 0.3 is 0 Å². The van der Waals surface area contributed by atoms with E-state index in [4.69, 9.17) is 4.42 Å². The van der Waals surface area contributed by atoms with Crippen molar-refractivity contribution in [1.29, 1.82) is 0 Å². The predicted octanol–water partition coefficient (Wildman–Crippen LogP) is 5.21. The van der Waals surface area contributed by atoms with Crippen LogP contribution in [-0.4, -0.2) is 28.5 Å². The van der Waals surface area contributed by atoms with Crippen LogP contribution in [0.4, 0.5) is 4.39 Å². The van der Waals surface area contributed by atoms with Crippen molar-refractivity contribution in [2.24, 2.45) is 0 Å². The summed E-state index contributed by atoms with van der Waals surface area (Å²) in [4.78, 5) is 15.1. The van der Waals surface area contributed by atoms with Gasteiger partial charge in [0.25, 0.3) is 5.91 Å². The van der Waals surface area contributed by atoms with Gasteiger partial charge < -0.3 is 14.4 Å². The molecule has 28 heavy (non-hydrogen) atoms. The quantitative estimate of drug-likeness (QED) is 0.675. The molecule has 4 rings (SSSR count). The molecule has 0 radical (unpaired) electrons. The number of furan rings is 1. The van der Waals surface area contributed by atoms with Gasteiger partial charge in [0.05, 0.1) is 0 Å². The van der Waals surface area contributed by atoms with E-state index in [0.29, 0.717) is 17.5 Å². The molecule has 5 heteroatoms. The molecular formula is C23H24FNO3. The van der Waals surface area contributed by atoms with Crippen molar-refractivity contribution in [3.8, 4) is 5.75 Å². The van der Waals surface area contributed by atoms with E-state index < -0.39 is 5.82 Å². The summed E-state index contributed by atoms with van der Waals surface area (Å²) in [5.41, 5.74) is 1.99. The van der Waals surface area contributed by atoms with Gasteiger partial charge in [-0.1, -0.05) is 24.3 Å². The van der Waals surface area contributed by atoms with Gasteiger partial charge in [0.2, 0.25) is 0 Å². The number of para-hydroxylation sites is 1. The lowest BCUT2D eigenvalue weighted by molar-refractivity contribution is 0.0570. The molecule has 1 amide bonds. The molecule has 1 atom stereocenters. The zero-order valence-corrected chi connectivity index (χ0v) is 16.0. The van der Waals surface area contributed by atoms with E-state index in [9.17, 15) is 14.3 Å². The van der Waals surface area contributed by atoms with Crippen LogP contribution in [0, 0.1) is 12.7 Å². The molecular weight excluding hydrogens is 357 g/mol. The van der Waals surface area contributed by atoms with E-state index >= 15 is 0 Å². The van der Waals surface area contributed by atoms with E-state index in [1.807, 2.05) is 24.0 Å². The number of piperidine rings is 1. The minimum absolute atomic E-state index is 0.132. The van der Waals surface area contributed by atoms with Crippen LogP contribution in [0.25, 0.3) is 11.0 Å². The summed E-state index contributed by atoms with van der Waals surface area (Å²) in [5, 5.41) is 10.1. The van der Waals surface area contributed by atoms with E-state index in [2.05, 4.69) is 0 Å². The number of halogens is 1. The maximum absolute atomic E-state index is 14.1. The summed E-state index contributed by atoms with van der Waals surface area (Å²) in [6.07, 6.45) is 4.71. The Morgan fingerprint density at radius 1 is 1.21 bits per heavy atom. The summed E-state index contributed by atoms with van der Waals surface area (Å²) in [6, 6.07) is 12.1. The van der Waals surface area contributed by atoms with Crippen molar-refractivity contribution in [3.05, 3.63) is 65.2 Å². The fraction of sp³-hybridized carbons (Fsp3) is 0.348. The minimum Gasteiger partial charge on any atom is -0.508 e. The SMILES string of the molecule is Cc1c(C(=O)N2CCCC[C@@H]2CCc2ccc(O)cc2)oc2c(F)cccc12. The number of nitrogens with zero attached hydrogens (tertiary/aromatic N) is 1. The number of benzene rings is 2. The molecule has 1 aliphatic rings. The lowest BCUT2D eigenvalue weighted by atomic mass is 9.95. The number of hydrogen-bond donors (Lipinski definition) is 1. The number of aromatic hydroxyl groups is 1.